The fourth-order valence-electron chi connectivity index (χ4n) is 3.50. The van der Waals surface area contributed by atoms with Crippen molar-refractivity contribution in [1.29, 1.82) is 0 Å². The Bertz CT molecular complexity index is 559. The van der Waals surface area contributed by atoms with Gasteiger partial charge in [0, 0.05) is 0 Å². The monoisotopic (exact) mass is 554 g/mol. The Morgan fingerprint density at radius 1 is 0.429 bits per heavy atom. The van der Waals surface area contributed by atoms with Crippen LogP contribution in [0.25, 0.3) is 0 Å². The Kier molecular flexibility index (Phi) is 33.2. The number of hydrogen-bond donors (Lipinski definition) is 0. The van der Waals surface area contributed by atoms with Gasteiger partial charge in [-0.25, -0.2) is 16.8 Å². The molecule has 11 heteroatoms. The van der Waals surface area contributed by atoms with E-state index in [0.29, 0.717) is 12.8 Å². The van der Waals surface area contributed by atoms with Crippen molar-refractivity contribution in [1.82, 2.24) is 0 Å². The van der Waals surface area contributed by atoms with E-state index in [2.05, 4.69) is 22.2 Å². The molecule has 0 aliphatic rings. The van der Waals surface area contributed by atoms with Gasteiger partial charge in [0.1, 0.15) is 0 Å². The molecule has 0 unspecified atom stereocenters. The summed E-state index contributed by atoms with van der Waals surface area (Å²) in [6.45, 7) is 4.49. The molecule has 0 atom stereocenters. The van der Waals surface area contributed by atoms with Crippen LogP contribution < -0.4 is 0 Å². The van der Waals surface area contributed by atoms with Crippen molar-refractivity contribution < 1.29 is 34.3 Å². The molecule has 0 amide bonds. The van der Waals surface area contributed by atoms with E-state index in [9.17, 15) is 25.9 Å². The van der Waals surface area contributed by atoms with E-state index >= 15 is 0 Å². The molecule has 208 valence electrons. The van der Waals surface area contributed by atoms with E-state index in [4.69, 9.17) is 0 Å². The summed E-state index contributed by atoms with van der Waals surface area (Å²) in [4.78, 5) is 0. The second kappa shape index (κ2) is 29.1. The molecule has 0 rings (SSSR count). The average Bonchev–Trinajstić information content (AvgIpc) is 2.75. The van der Waals surface area contributed by atoms with Gasteiger partial charge >= 0.3 is 23.1 Å². The molecule has 0 heterocycles. The number of hydrogen-bond acceptors (Lipinski definition) is 8. The maximum absolute atomic E-state index is 10.1. The Morgan fingerprint density at radius 3 is 0.829 bits per heavy atom. The molecule has 0 radical (unpaired) electrons. The number of rotatable bonds is 24. The van der Waals surface area contributed by atoms with Gasteiger partial charge in [-0.2, -0.15) is 0 Å². The summed E-state index contributed by atoms with van der Waals surface area (Å²) < 4.78 is 68.9. The SMILES string of the molecule is CCCCCCCCCCCCOS(=O)(=O)[O-].CCCCCCCCCCCCOS(=O)(=O)[O-].[Mg+2]. The van der Waals surface area contributed by atoms with Crippen molar-refractivity contribution in [2.45, 2.75) is 142 Å². The second-order valence-electron chi connectivity index (χ2n) is 8.82. The third-order valence-corrected chi connectivity index (χ3v) is 6.36. The summed E-state index contributed by atoms with van der Waals surface area (Å²) in [7, 11) is -8.97. The van der Waals surface area contributed by atoms with Crippen molar-refractivity contribution in [3.63, 3.8) is 0 Å². The van der Waals surface area contributed by atoms with E-state index in [0.717, 1.165) is 25.7 Å². The van der Waals surface area contributed by atoms with Gasteiger partial charge in [-0.05, 0) is 12.8 Å². The molecule has 0 spiro atoms. The summed E-state index contributed by atoms with van der Waals surface area (Å²) in [5.41, 5.74) is 0. The van der Waals surface area contributed by atoms with Crippen molar-refractivity contribution in [2.75, 3.05) is 13.2 Å². The van der Waals surface area contributed by atoms with Crippen LogP contribution in [0.2, 0.25) is 0 Å². The maximum atomic E-state index is 10.1. The summed E-state index contributed by atoms with van der Waals surface area (Å²) in [6.07, 6.45) is 23.4. The van der Waals surface area contributed by atoms with Gasteiger partial charge in [0.05, 0.1) is 13.2 Å². The van der Waals surface area contributed by atoms with Crippen molar-refractivity contribution in [3.8, 4) is 0 Å². The molecule has 0 aliphatic heterocycles. The van der Waals surface area contributed by atoms with Gasteiger partial charge in [-0.3, -0.25) is 8.37 Å². The largest absolute Gasteiger partial charge is 2.00 e. The van der Waals surface area contributed by atoms with Crippen LogP contribution in [0, 0.1) is 0 Å². The van der Waals surface area contributed by atoms with Gasteiger partial charge in [0.15, 0.2) is 0 Å². The van der Waals surface area contributed by atoms with Gasteiger partial charge in [-0.1, -0.05) is 129 Å². The Balaban J connectivity index is -0.000000569. The standard InChI is InChI=1S/2C12H26O4S.Mg/c2*1-2-3-4-5-6-7-8-9-10-11-12-16-17(13,14)15;/h2*2-12H2,1H3,(H,13,14,15);/q;;+2/p-2. The van der Waals surface area contributed by atoms with E-state index in [1.807, 2.05) is 0 Å². The van der Waals surface area contributed by atoms with E-state index in [1.165, 1.54) is 89.9 Å². The third kappa shape index (κ3) is 44.9. The number of unbranched alkanes of at least 4 members (excludes halogenated alkanes) is 18. The predicted octanol–water partition coefficient (Wildman–Crippen LogP) is 6.39. The Morgan fingerprint density at radius 2 is 0.629 bits per heavy atom. The van der Waals surface area contributed by atoms with Crippen molar-refractivity contribution in [3.05, 3.63) is 0 Å². The van der Waals surface area contributed by atoms with Crippen LogP contribution >= 0.6 is 0 Å². The molecule has 0 aromatic rings. The van der Waals surface area contributed by atoms with Crippen molar-refractivity contribution in [2.24, 2.45) is 0 Å². The summed E-state index contributed by atoms with van der Waals surface area (Å²) in [5, 5.41) is 0. The fraction of sp³-hybridized carbons (Fsp3) is 1.00. The van der Waals surface area contributed by atoms with Crippen molar-refractivity contribution >= 4 is 43.9 Å². The van der Waals surface area contributed by atoms with Gasteiger partial charge in [0.2, 0.25) is 20.8 Å². The first-order valence-electron chi connectivity index (χ1n) is 13.3. The van der Waals surface area contributed by atoms with E-state index < -0.39 is 20.8 Å². The summed E-state index contributed by atoms with van der Waals surface area (Å²) in [5.74, 6) is 0. The normalized spacial score (nSPS) is 11.5. The predicted molar refractivity (Wildman–Crippen MR) is 141 cm³/mol. The van der Waals surface area contributed by atoms with Crippen LogP contribution in [0.4, 0.5) is 0 Å². The molecule has 8 nitrogen and oxygen atoms in total. The Hall–Kier alpha value is 0.506. The molecule has 0 fully saturated rings. The minimum absolute atomic E-state index is 0. The molecule has 0 N–H and O–H groups in total. The third-order valence-electron chi connectivity index (χ3n) is 5.45. The molecule has 0 saturated heterocycles. The van der Waals surface area contributed by atoms with Crippen LogP contribution in [-0.4, -0.2) is 62.2 Å². The summed E-state index contributed by atoms with van der Waals surface area (Å²) >= 11 is 0. The maximum Gasteiger partial charge on any atom is 2.00 e. The minimum Gasteiger partial charge on any atom is -0.726 e. The zero-order chi connectivity index (χ0) is 26.0. The molecule has 0 aromatic carbocycles. The van der Waals surface area contributed by atoms with Gasteiger partial charge in [-0.15, -0.1) is 0 Å². The topological polar surface area (TPSA) is 133 Å². The van der Waals surface area contributed by atoms with Crippen LogP contribution in [0.3, 0.4) is 0 Å². The van der Waals surface area contributed by atoms with Gasteiger partial charge < -0.3 is 9.11 Å². The molecule has 0 aromatic heterocycles. The first kappa shape index (κ1) is 40.0. The van der Waals surface area contributed by atoms with Crippen LogP contribution in [0.1, 0.15) is 142 Å². The average molecular weight is 555 g/mol. The first-order valence-corrected chi connectivity index (χ1v) is 16.0. The molecular weight excluding hydrogens is 505 g/mol. The van der Waals surface area contributed by atoms with E-state index in [-0.39, 0.29) is 36.3 Å². The minimum atomic E-state index is -4.48. The van der Waals surface area contributed by atoms with Gasteiger partial charge in [0.25, 0.3) is 0 Å². The first-order chi connectivity index (χ1) is 16.1. The van der Waals surface area contributed by atoms with E-state index in [1.54, 1.807) is 0 Å². The fourth-order valence-corrected chi connectivity index (χ4v) is 4.14. The Labute approximate surface area is 232 Å². The van der Waals surface area contributed by atoms with Crippen LogP contribution in [-0.2, 0) is 29.2 Å². The summed E-state index contributed by atoms with van der Waals surface area (Å²) in [6, 6.07) is 0. The smallest absolute Gasteiger partial charge is 0.726 e. The molecule has 0 saturated carbocycles. The molecule has 35 heavy (non-hydrogen) atoms. The second-order valence-corrected chi connectivity index (χ2v) is 10.9. The van der Waals surface area contributed by atoms with Crippen LogP contribution in [0.15, 0.2) is 0 Å². The zero-order valence-electron chi connectivity index (χ0n) is 22.3. The van der Waals surface area contributed by atoms with Crippen LogP contribution in [0.5, 0.6) is 0 Å². The molecule has 0 bridgehead atoms. The molecular formula is C24H50MgO8S2. The zero-order valence-corrected chi connectivity index (χ0v) is 25.4. The molecule has 0 aliphatic carbocycles. The quantitative estimate of drug-likeness (QED) is 0.0580.